The van der Waals surface area contributed by atoms with Crippen LogP contribution in [0.5, 0.6) is 0 Å². The lowest BCUT2D eigenvalue weighted by atomic mass is 10.1. The quantitative estimate of drug-likeness (QED) is 0.615. The van der Waals surface area contributed by atoms with Crippen molar-refractivity contribution in [1.82, 2.24) is 0 Å². The molecule has 0 amide bonds. The average molecular weight is 383 g/mol. The molecule has 19 heavy (non-hydrogen) atoms. The van der Waals surface area contributed by atoms with Crippen molar-refractivity contribution in [2.75, 3.05) is 11.9 Å². The summed E-state index contributed by atoms with van der Waals surface area (Å²) in [6.07, 6.45) is 1.08. The fraction of sp³-hybridized carbons (Fsp3) is 0.250. The van der Waals surface area contributed by atoms with Crippen LogP contribution in [0.1, 0.15) is 18.1 Å². The van der Waals surface area contributed by atoms with Gasteiger partial charge in [0, 0.05) is 28.2 Å². The minimum absolute atomic E-state index is 0.846. The highest BCUT2D eigenvalue weighted by molar-refractivity contribution is 9.10. The molecule has 0 saturated carbocycles. The Labute approximate surface area is 131 Å². The second-order valence-electron chi connectivity index (χ2n) is 4.49. The summed E-state index contributed by atoms with van der Waals surface area (Å²) in [5.74, 6) is 0. The number of hydrogen-bond donors (Lipinski definition) is 0. The number of hydrogen-bond acceptors (Lipinski definition) is 1. The van der Waals surface area contributed by atoms with Crippen LogP contribution in [-0.4, -0.2) is 7.05 Å². The van der Waals surface area contributed by atoms with Crippen molar-refractivity contribution in [2.24, 2.45) is 0 Å². The van der Waals surface area contributed by atoms with Gasteiger partial charge in [-0.05, 0) is 47.9 Å². The third kappa shape index (κ3) is 3.40. The molecule has 2 rings (SSSR count). The van der Waals surface area contributed by atoms with E-state index in [0.29, 0.717) is 0 Å². The van der Waals surface area contributed by atoms with Crippen LogP contribution < -0.4 is 4.90 Å². The minimum atomic E-state index is 0.846. The molecule has 0 aliphatic heterocycles. The molecule has 3 heteroatoms. The van der Waals surface area contributed by atoms with Crippen LogP contribution in [-0.2, 0) is 11.8 Å². The van der Waals surface area contributed by atoms with Crippen molar-refractivity contribution in [3.05, 3.63) is 58.1 Å². The van der Waals surface area contributed by atoms with E-state index < -0.39 is 0 Å². The third-order valence-corrected chi connectivity index (χ3v) is 4.38. The molecule has 0 radical (unpaired) electrons. The highest BCUT2D eigenvalue weighted by Gasteiger charge is 2.09. The summed E-state index contributed by atoms with van der Waals surface area (Å²) in [5.41, 5.74) is 5.08. The first-order valence-electron chi connectivity index (χ1n) is 6.32. The summed E-state index contributed by atoms with van der Waals surface area (Å²) in [6, 6.07) is 15.1. The van der Waals surface area contributed by atoms with Crippen molar-refractivity contribution in [1.29, 1.82) is 0 Å². The van der Waals surface area contributed by atoms with E-state index in [4.69, 9.17) is 0 Å². The predicted octanol–water partition coefficient (Wildman–Crippen LogP) is 5.67. The molecule has 0 saturated heterocycles. The molecule has 0 atom stereocenters. The lowest BCUT2D eigenvalue weighted by Crippen LogP contribution is -2.11. The summed E-state index contributed by atoms with van der Waals surface area (Å²) in [4.78, 5) is 2.22. The summed E-state index contributed by atoms with van der Waals surface area (Å²) < 4.78 is 1.11. The second-order valence-corrected chi connectivity index (χ2v) is 5.96. The first-order chi connectivity index (χ1) is 9.15. The number of nitrogens with zero attached hydrogens (tertiary/aromatic N) is 1. The molecule has 0 aliphatic carbocycles. The molecule has 0 fully saturated rings. The number of alkyl halides is 1. The highest BCUT2D eigenvalue weighted by Crippen LogP contribution is 2.30. The Hall–Kier alpha value is -0.800. The third-order valence-electron chi connectivity index (χ3n) is 3.28. The highest BCUT2D eigenvalue weighted by atomic mass is 79.9. The molecular formula is C16H17Br2N. The zero-order valence-corrected chi connectivity index (χ0v) is 14.3. The molecule has 2 aromatic carbocycles. The van der Waals surface area contributed by atoms with Gasteiger partial charge in [0.05, 0.1) is 0 Å². The van der Waals surface area contributed by atoms with Crippen molar-refractivity contribution >= 4 is 43.2 Å². The SMILES string of the molecule is CCc1ccc(N(C)c2ccc(Br)cc2CBr)cc1. The van der Waals surface area contributed by atoms with Gasteiger partial charge in [-0.1, -0.05) is 50.9 Å². The molecule has 0 unspecified atom stereocenters. The summed E-state index contributed by atoms with van der Waals surface area (Å²) in [7, 11) is 2.11. The Morgan fingerprint density at radius 2 is 1.74 bits per heavy atom. The van der Waals surface area contributed by atoms with Gasteiger partial charge < -0.3 is 4.90 Å². The lowest BCUT2D eigenvalue weighted by molar-refractivity contribution is 1.13. The van der Waals surface area contributed by atoms with Gasteiger partial charge >= 0.3 is 0 Å². The normalized spacial score (nSPS) is 10.5. The monoisotopic (exact) mass is 381 g/mol. The van der Waals surface area contributed by atoms with Crippen LogP contribution in [0.3, 0.4) is 0 Å². The maximum Gasteiger partial charge on any atom is 0.0450 e. The molecule has 100 valence electrons. The van der Waals surface area contributed by atoms with Crippen molar-refractivity contribution < 1.29 is 0 Å². The van der Waals surface area contributed by atoms with Crippen LogP contribution in [0.2, 0.25) is 0 Å². The van der Waals surface area contributed by atoms with Crippen LogP contribution in [0.4, 0.5) is 11.4 Å². The van der Waals surface area contributed by atoms with Gasteiger partial charge in [0.1, 0.15) is 0 Å². The summed E-state index contributed by atoms with van der Waals surface area (Å²) in [6.45, 7) is 2.18. The fourth-order valence-electron chi connectivity index (χ4n) is 2.08. The Bertz CT molecular complexity index is 549. The molecule has 0 heterocycles. The fourth-order valence-corrected chi connectivity index (χ4v) is 2.94. The lowest BCUT2D eigenvalue weighted by Gasteiger charge is -2.22. The number of halogens is 2. The standard InChI is InChI=1S/C16H17Br2N/c1-3-12-4-7-15(8-5-12)19(2)16-9-6-14(18)10-13(16)11-17/h4-10H,3,11H2,1-2H3. The van der Waals surface area contributed by atoms with Crippen molar-refractivity contribution in [3.8, 4) is 0 Å². The molecule has 0 spiro atoms. The summed E-state index contributed by atoms with van der Waals surface area (Å²) in [5, 5.41) is 0.846. The molecular weight excluding hydrogens is 366 g/mol. The number of anilines is 2. The van der Waals surface area contributed by atoms with Gasteiger partial charge in [0.2, 0.25) is 0 Å². The van der Waals surface area contributed by atoms with Crippen molar-refractivity contribution in [2.45, 2.75) is 18.7 Å². The Morgan fingerprint density at radius 3 is 2.32 bits per heavy atom. The molecule has 1 nitrogen and oxygen atoms in total. The molecule has 0 aromatic heterocycles. The number of benzene rings is 2. The van der Waals surface area contributed by atoms with Crippen LogP contribution >= 0.6 is 31.9 Å². The Balaban J connectivity index is 2.34. The minimum Gasteiger partial charge on any atom is -0.344 e. The Kier molecular flexibility index (Phi) is 5.06. The largest absolute Gasteiger partial charge is 0.344 e. The van der Waals surface area contributed by atoms with E-state index in [9.17, 15) is 0 Å². The predicted molar refractivity (Wildman–Crippen MR) is 90.7 cm³/mol. The van der Waals surface area contributed by atoms with Crippen LogP contribution in [0, 0.1) is 0 Å². The van der Waals surface area contributed by atoms with Gasteiger partial charge in [-0.2, -0.15) is 0 Å². The first kappa shape index (κ1) is 14.6. The van der Waals surface area contributed by atoms with E-state index in [2.05, 4.69) is 93.2 Å². The maximum absolute atomic E-state index is 3.56. The molecule has 0 aliphatic rings. The van der Waals surface area contributed by atoms with E-state index in [0.717, 1.165) is 16.2 Å². The smallest absolute Gasteiger partial charge is 0.0450 e. The topological polar surface area (TPSA) is 3.24 Å². The zero-order chi connectivity index (χ0) is 13.8. The van der Waals surface area contributed by atoms with Gasteiger partial charge in [-0.25, -0.2) is 0 Å². The van der Waals surface area contributed by atoms with E-state index in [1.165, 1.54) is 22.5 Å². The Morgan fingerprint density at radius 1 is 1.05 bits per heavy atom. The number of rotatable bonds is 4. The van der Waals surface area contributed by atoms with E-state index in [-0.39, 0.29) is 0 Å². The van der Waals surface area contributed by atoms with Crippen molar-refractivity contribution in [3.63, 3.8) is 0 Å². The maximum atomic E-state index is 3.56. The zero-order valence-electron chi connectivity index (χ0n) is 11.2. The van der Waals surface area contributed by atoms with E-state index >= 15 is 0 Å². The second kappa shape index (κ2) is 6.58. The van der Waals surface area contributed by atoms with E-state index in [1.54, 1.807) is 0 Å². The van der Waals surface area contributed by atoms with Crippen LogP contribution in [0.25, 0.3) is 0 Å². The molecule has 2 aromatic rings. The van der Waals surface area contributed by atoms with Gasteiger partial charge in [0.15, 0.2) is 0 Å². The van der Waals surface area contributed by atoms with Gasteiger partial charge in [-0.3, -0.25) is 0 Å². The first-order valence-corrected chi connectivity index (χ1v) is 8.24. The van der Waals surface area contributed by atoms with E-state index in [1.807, 2.05) is 0 Å². The van der Waals surface area contributed by atoms with Gasteiger partial charge in [0.25, 0.3) is 0 Å². The number of aryl methyl sites for hydroxylation is 1. The average Bonchev–Trinajstić information content (AvgIpc) is 2.46. The van der Waals surface area contributed by atoms with Crippen LogP contribution in [0.15, 0.2) is 46.9 Å². The van der Waals surface area contributed by atoms with Gasteiger partial charge in [-0.15, -0.1) is 0 Å². The molecule has 0 bridgehead atoms. The summed E-state index contributed by atoms with van der Waals surface area (Å²) >= 11 is 7.08. The molecule has 0 N–H and O–H groups in total.